The van der Waals surface area contributed by atoms with Crippen LogP contribution in [0.4, 0.5) is 0 Å². The Bertz CT molecular complexity index is 584. The zero-order valence-electron chi connectivity index (χ0n) is 12.1. The molecule has 2 heterocycles. The first-order chi connectivity index (χ1) is 9.38. The molecule has 1 atom stereocenters. The molecular formula is C13H19N3O2S2. The minimum Gasteiger partial charge on any atom is -0.353 e. The lowest BCUT2D eigenvalue weighted by atomic mass is 10.2. The Morgan fingerprint density at radius 1 is 1.60 bits per heavy atom. The molecular weight excluding hydrogens is 294 g/mol. The van der Waals surface area contributed by atoms with E-state index in [4.69, 9.17) is 0 Å². The maximum atomic E-state index is 12.2. The highest BCUT2D eigenvalue weighted by Gasteiger charge is 2.25. The Morgan fingerprint density at radius 3 is 2.95 bits per heavy atom. The molecule has 0 aromatic carbocycles. The molecule has 1 aliphatic heterocycles. The van der Waals surface area contributed by atoms with Crippen molar-refractivity contribution in [2.75, 3.05) is 5.75 Å². The quantitative estimate of drug-likeness (QED) is 0.673. The number of thioether (sulfide) groups is 2. The summed E-state index contributed by atoms with van der Waals surface area (Å²) >= 11 is 2.90. The first-order valence-electron chi connectivity index (χ1n) is 6.57. The van der Waals surface area contributed by atoms with Crippen LogP contribution in [-0.2, 0) is 18.3 Å². The number of fused-ring (bicyclic) bond motifs is 1. The van der Waals surface area contributed by atoms with Crippen molar-refractivity contribution >= 4 is 29.4 Å². The van der Waals surface area contributed by atoms with E-state index in [1.54, 1.807) is 18.8 Å². The molecule has 110 valence electrons. The normalized spacial score (nSPS) is 17.4. The number of hydrogen-bond donors (Lipinski definition) is 1. The van der Waals surface area contributed by atoms with E-state index < -0.39 is 0 Å². The number of hydrogen-bond acceptors (Lipinski definition) is 5. The Hall–Kier alpha value is -0.950. The van der Waals surface area contributed by atoms with E-state index in [2.05, 4.69) is 17.2 Å². The molecule has 1 aromatic heterocycles. The molecule has 20 heavy (non-hydrogen) atoms. The smallest absolute Gasteiger partial charge is 0.267 e. The van der Waals surface area contributed by atoms with Crippen molar-refractivity contribution in [3.8, 4) is 0 Å². The zero-order chi connectivity index (χ0) is 14.9. The summed E-state index contributed by atoms with van der Waals surface area (Å²) in [6.07, 6.45) is 0.821. The summed E-state index contributed by atoms with van der Waals surface area (Å²) in [7, 11) is 1.71. The number of nitrogens with one attached hydrogen (secondary N) is 1. The van der Waals surface area contributed by atoms with Crippen LogP contribution in [0.5, 0.6) is 0 Å². The zero-order valence-corrected chi connectivity index (χ0v) is 13.7. The van der Waals surface area contributed by atoms with Crippen LogP contribution < -0.4 is 10.9 Å². The fourth-order valence-electron chi connectivity index (χ4n) is 2.00. The molecule has 1 aliphatic rings. The molecule has 0 fully saturated rings. The summed E-state index contributed by atoms with van der Waals surface area (Å²) in [5.74, 6) is 0.238. The molecule has 1 amide bonds. The van der Waals surface area contributed by atoms with Crippen molar-refractivity contribution in [2.24, 2.45) is 7.05 Å². The summed E-state index contributed by atoms with van der Waals surface area (Å²) in [6.45, 7) is 5.93. The van der Waals surface area contributed by atoms with Crippen LogP contribution in [0.25, 0.3) is 0 Å². The van der Waals surface area contributed by atoms with Crippen molar-refractivity contribution < 1.29 is 4.79 Å². The number of carbonyl (C=O) groups is 1. The van der Waals surface area contributed by atoms with Gasteiger partial charge in [0.15, 0.2) is 5.16 Å². The first-order valence-corrected chi connectivity index (χ1v) is 8.43. The van der Waals surface area contributed by atoms with Crippen LogP contribution >= 0.6 is 23.5 Å². The summed E-state index contributed by atoms with van der Waals surface area (Å²) < 4.78 is 1.54. The molecule has 0 aliphatic carbocycles. The maximum Gasteiger partial charge on any atom is 0.267 e. The average molecular weight is 313 g/mol. The standard InChI is InChI=1S/C13H19N3O2S2/c1-7(2)14-10(17)6-19-13-15-9-5-8(3)20-11(9)12(18)16(13)4/h7-8H,5-6H2,1-4H3,(H,14,17). The second-order valence-electron chi connectivity index (χ2n) is 5.18. The largest absolute Gasteiger partial charge is 0.353 e. The van der Waals surface area contributed by atoms with Crippen LogP contribution in [0.15, 0.2) is 14.8 Å². The molecule has 1 unspecified atom stereocenters. The average Bonchev–Trinajstić information content (AvgIpc) is 2.72. The highest BCUT2D eigenvalue weighted by atomic mass is 32.2. The molecule has 0 saturated carbocycles. The second kappa shape index (κ2) is 6.22. The molecule has 7 heteroatoms. The van der Waals surface area contributed by atoms with Crippen LogP contribution in [0.1, 0.15) is 26.5 Å². The van der Waals surface area contributed by atoms with Gasteiger partial charge in [0.25, 0.3) is 5.56 Å². The van der Waals surface area contributed by atoms with Crippen molar-refractivity contribution in [3.05, 3.63) is 16.0 Å². The van der Waals surface area contributed by atoms with Gasteiger partial charge in [-0.3, -0.25) is 14.2 Å². The van der Waals surface area contributed by atoms with Gasteiger partial charge in [0, 0.05) is 24.8 Å². The van der Waals surface area contributed by atoms with Crippen molar-refractivity contribution in [2.45, 2.75) is 48.5 Å². The fraction of sp³-hybridized carbons (Fsp3) is 0.615. The van der Waals surface area contributed by atoms with Gasteiger partial charge in [0.2, 0.25) is 5.91 Å². The Balaban J connectivity index is 2.14. The lowest BCUT2D eigenvalue weighted by molar-refractivity contribution is -0.119. The lowest BCUT2D eigenvalue weighted by Crippen LogP contribution is -2.32. The topological polar surface area (TPSA) is 64.0 Å². The number of rotatable bonds is 4. The number of amides is 1. The SMILES string of the molecule is CC(C)NC(=O)CSc1nc2c(c(=O)n1C)SC(C)C2. The lowest BCUT2D eigenvalue weighted by Gasteiger charge is -2.10. The monoisotopic (exact) mass is 313 g/mol. The predicted molar refractivity (Wildman–Crippen MR) is 82.5 cm³/mol. The van der Waals surface area contributed by atoms with Gasteiger partial charge in [-0.2, -0.15) is 0 Å². The summed E-state index contributed by atoms with van der Waals surface area (Å²) in [5.41, 5.74) is 0.869. The number of nitrogens with zero attached hydrogens (tertiary/aromatic N) is 2. The second-order valence-corrected chi connectivity index (χ2v) is 7.57. The number of carbonyl (C=O) groups excluding carboxylic acids is 1. The molecule has 0 saturated heterocycles. The Labute approximate surface area is 126 Å². The van der Waals surface area contributed by atoms with Gasteiger partial charge >= 0.3 is 0 Å². The van der Waals surface area contributed by atoms with E-state index in [9.17, 15) is 9.59 Å². The van der Waals surface area contributed by atoms with Crippen molar-refractivity contribution in [1.82, 2.24) is 14.9 Å². The van der Waals surface area contributed by atoms with E-state index in [1.807, 2.05) is 13.8 Å². The third kappa shape index (κ3) is 3.38. The van der Waals surface area contributed by atoms with Crippen molar-refractivity contribution in [3.63, 3.8) is 0 Å². The third-order valence-electron chi connectivity index (χ3n) is 2.86. The Kier molecular flexibility index (Phi) is 4.80. The minimum absolute atomic E-state index is 0.00359. The van der Waals surface area contributed by atoms with E-state index in [0.717, 1.165) is 17.0 Å². The van der Waals surface area contributed by atoms with Crippen LogP contribution in [0.2, 0.25) is 0 Å². The van der Waals surface area contributed by atoms with E-state index in [1.165, 1.54) is 16.3 Å². The van der Waals surface area contributed by atoms with Crippen LogP contribution in [-0.4, -0.2) is 32.5 Å². The highest BCUT2D eigenvalue weighted by Crippen LogP contribution is 2.33. The molecule has 1 aromatic rings. The van der Waals surface area contributed by atoms with Gasteiger partial charge in [-0.1, -0.05) is 18.7 Å². The van der Waals surface area contributed by atoms with Crippen LogP contribution in [0, 0.1) is 0 Å². The summed E-state index contributed by atoms with van der Waals surface area (Å²) in [4.78, 5) is 29.2. The van der Waals surface area contributed by atoms with Crippen LogP contribution in [0.3, 0.4) is 0 Å². The van der Waals surface area contributed by atoms with Gasteiger partial charge in [-0.25, -0.2) is 4.98 Å². The van der Waals surface area contributed by atoms with Gasteiger partial charge < -0.3 is 5.32 Å². The van der Waals surface area contributed by atoms with Gasteiger partial charge in [-0.05, 0) is 13.8 Å². The molecule has 1 N–H and O–H groups in total. The van der Waals surface area contributed by atoms with Gasteiger partial charge in [0.05, 0.1) is 16.3 Å². The minimum atomic E-state index is -0.0394. The van der Waals surface area contributed by atoms with E-state index in [0.29, 0.717) is 10.4 Å². The molecule has 0 radical (unpaired) electrons. The van der Waals surface area contributed by atoms with E-state index >= 15 is 0 Å². The molecule has 5 nitrogen and oxygen atoms in total. The fourth-order valence-corrected chi connectivity index (χ4v) is 3.94. The first kappa shape index (κ1) is 15.4. The Morgan fingerprint density at radius 2 is 2.30 bits per heavy atom. The molecule has 0 bridgehead atoms. The molecule has 0 spiro atoms. The number of aromatic nitrogens is 2. The predicted octanol–water partition coefficient (Wildman–Crippen LogP) is 1.43. The maximum absolute atomic E-state index is 12.2. The molecule has 2 rings (SSSR count). The summed E-state index contributed by atoms with van der Waals surface area (Å²) in [6, 6.07) is 0.122. The van der Waals surface area contributed by atoms with E-state index in [-0.39, 0.29) is 23.3 Å². The van der Waals surface area contributed by atoms with Gasteiger partial charge in [-0.15, -0.1) is 11.8 Å². The van der Waals surface area contributed by atoms with Crippen molar-refractivity contribution in [1.29, 1.82) is 0 Å². The summed E-state index contributed by atoms with van der Waals surface area (Å²) in [5, 5.41) is 3.84. The van der Waals surface area contributed by atoms with Gasteiger partial charge in [0.1, 0.15) is 0 Å². The third-order valence-corrected chi connectivity index (χ3v) is 5.11. The highest BCUT2D eigenvalue weighted by molar-refractivity contribution is 8.00.